The summed E-state index contributed by atoms with van der Waals surface area (Å²) in [5, 5.41) is 6.42. The molecular weight excluding hydrogens is 475 g/mol. The van der Waals surface area contributed by atoms with Gasteiger partial charge in [0.05, 0.1) is 42.0 Å². The molecule has 37 heavy (non-hydrogen) atoms. The summed E-state index contributed by atoms with van der Waals surface area (Å²) in [5.41, 5.74) is 4.20. The van der Waals surface area contributed by atoms with Crippen molar-refractivity contribution in [2.24, 2.45) is 0 Å². The molecule has 1 atom stereocenters. The normalized spacial score (nSPS) is 21.3. The summed E-state index contributed by atoms with van der Waals surface area (Å²) < 4.78 is 32.4. The number of hydrogen-bond donors (Lipinski definition) is 3. The molecule has 3 aromatic rings. The molecule has 1 saturated heterocycles. The predicted molar refractivity (Wildman–Crippen MR) is 137 cm³/mol. The molecule has 9 heteroatoms. The zero-order chi connectivity index (χ0) is 25.8. The van der Waals surface area contributed by atoms with E-state index in [1.54, 1.807) is 31.5 Å². The SMILES string of the molecule is Cc1c(F)cccc1Nc1c(-c2ccncc2OC[C@H]2COC(C)(C)CO2)[nH]c2c1C(=O)NCC21CC1. The molecule has 8 nitrogen and oxygen atoms in total. The van der Waals surface area contributed by atoms with Gasteiger partial charge in [-0.1, -0.05) is 6.07 Å². The first kappa shape index (κ1) is 23.9. The number of amides is 1. The summed E-state index contributed by atoms with van der Waals surface area (Å²) in [4.78, 5) is 21.0. The van der Waals surface area contributed by atoms with Gasteiger partial charge in [-0.15, -0.1) is 0 Å². The molecule has 4 heterocycles. The van der Waals surface area contributed by atoms with Gasteiger partial charge in [-0.05, 0) is 51.8 Å². The molecule has 1 amide bonds. The van der Waals surface area contributed by atoms with Gasteiger partial charge in [0.25, 0.3) is 5.91 Å². The molecule has 6 rings (SSSR count). The number of ether oxygens (including phenoxy) is 3. The Morgan fingerprint density at radius 2 is 2.11 bits per heavy atom. The second kappa shape index (κ2) is 8.85. The number of nitrogens with one attached hydrogen (secondary N) is 3. The molecule has 194 valence electrons. The van der Waals surface area contributed by atoms with Crippen molar-refractivity contribution in [2.75, 3.05) is 31.7 Å². The quantitative estimate of drug-likeness (QED) is 0.452. The van der Waals surface area contributed by atoms with Gasteiger partial charge in [-0.3, -0.25) is 9.78 Å². The van der Waals surface area contributed by atoms with E-state index in [1.807, 2.05) is 19.9 Å². The van der Waals surface area contributed by atoms with Crippen LogP contribution in [0.1, 0.15) is 48.3 Å². The average molecular weight is 507 g/mol. The van der Waals surface area contributed by atoms with Crippen LogP contribution in [0.25, 0.3) is 11.3 Å². The van der Waals surface area contributed by atoms with Crippen LogP contribution in [0.5, 0.6) is 5.75 Å². The minimum Gasteiger partial charge on any atom is -0.488 e. The fourth-order valence-electron chi connectivity index (χ4n) is 5.04. The lowest BCUT2D eigenvalue weighted by Crippen LogP contribution is -2.44. The highest BCUT2D eigenvalue weighted by molar-refractivity contribution is 6.07. The van der Waals surface area contributed by atoms with Crippen LogP contribution >= 0.6 is 0 Å². The molecule has 3 N–H and O–H groups in total. The second-order valence-electron chi connectivity index (χ2n) is 10.8. The lowest BCUT2D eigenvalue weighted by Gasteiger charge is -2.34. The van der Waals surface area contributed by atoms with E-state index in [4.69, 9.17) is 14.2 Å². The number of H-pyrrole nitrogens is 1. The van der Waals surface area contributed by atoms with E-state index in [2.05, 4.69) is 20.6 Å². The molecule has 0 bridgehead atoms. The van der Waals surface area contributed by atoms with Gasteiger partial charge in [0.1, 0.15) is 24.3 Å². The van der Waals surface area contributed by atoms with Crippen molar-refractivity contribution in [2.45, 2.75) is 50.7 Å². The maximum Gasteiger partial charge on any atom is 0.255 e. The molecule has 2 fully saturated rings. The van der Waals surface area contributed by atoms with Crippen LogP contribution in [0.15, 0.2) is 36.7 Å². The number of fused-ring (bicyclic) bond motifs is 2. The van der Waals surface area contributed by atoms with Crippen molar-refractivity contribution < 1.29 is 23.4 Å². The van der Waals surface area contributed by atoms with E-state index in [-0.39, 0.29) is 28.8 Å². The van der Waals surface area contributed by atoms with Gasteiger partial charge in [0.2, 0.25) is 0 Å². The Morgan fingerprint density at radius 1 is 1.27 bits per heavy atom. The largest absolute Gasteiger partial charge is 0.488 e. The molecule has 2 aliphatic heterocycles. The zero-order valence-corrected chi connectivity index (χ0v) is 21.2. The molecular formula is C28H31FN4O4. The standard InChI is InChI=1S/C28H31FN4O4/c1-16-19(29)5-4-6-20(16)32-24-22-25(28(8-9-28)14-31-26(22)34)33-23(24)18-7-10-30-11-21(18)35-12-17-13-37-27(2,3)15-36-17/h4-7,10-11,17,32-33H,8-9,12-15H2,1-3H3,(H,31,34)/t17-/m0/s1. The minimum atomic E-state index is -0.315. The van der Waals surface area contributed by atoms with Crippen molar-refractivity contribution in [1.29, 1.82) is 0 Å². The smallest absolute Gasteiger partial charge is 0.255 e. The van der Waals surface area contributed by atoms with Gasteiger partial charge < -0.3 is 29.8 Å². The van der Waals surface area contributed by atoms with E-state index in [9.17, 15) is 9.18 Å². The van der Waals surface area contributed by atoms with Gasteiger partial charge in [-0.2, -0.15) is 0 Å². The molecule has 1 aromatic carbocycles. The van der Waals surface area contributed by atoms with E-state index >= 15 is 0 Å². The number of pyridine rings is 1. The Kier molecular flexibility index (Phi) is 5.72. The number of aromatic amines is 1. The number of nitrogens with zero attached hydrogens (tertiary/aromatic N) is 1. The summed E-state index contributed by atoms with van der Waals surface area (Å²) in [6.07, 6.45) is 5.13. The molecule has 3 aliphatic rings. The highest BCUT2D eigenvalue weighted by Gasteiger charge is 2.51. The van der Waals surface area contributed by atoms with E-state index in [0.29, 0.717) is 60.3 Å². The Balaban J connectivity index is 1.39. The number of carbonyl (C=O) groups excluding carboxylic acids is 1. The average Bonchev–Trinajstić information content (AvgIpc) is 3.56. The van der Waals surface area contributed by atoms with Gasteiger partial charge in [0.15, 0.2) is 0 Å². The second-order valence-corrected chi connectivity index (χ2v) is 10.8. The molecule has 0 unspecified atom stereocenters. The summed E-state index contributed by atoms with van der Waals surface area (Å²) in [6.45, 7) is 7.53. The Labute approximate surface area is 214 Å². The van der Waals surface area contributed by atoms with Crippen LogP contribution in [0, 0.1) is 12.7 Å². The van der Waals surface area contributed by atoms with Crippen LogP contribution in [0.4, 0.5) is 15.8 Å². The van der Waals surface area contributed by atoms with E-state index in [0.717, 1.165) is 24.1 Å². The number of hydrogen-bond acceptors (Lipinski definition) is 6. The first-order valence-electron chi connectivity index (χ1n) is 12.7. The Bertz CT molecular complexity index is 1350. The molecule has 1 saturated carbocycles. The number of benzene rings is 1. The van der Waals surface area contributed by atoms with Crippen LogP contribution < -0.4 is 15.4 Å². The summed E-state index contributed by atoms with van der Waals surface area (Å²) in [6, 6.07) is 6.74. The number of anilines is 2. The third-order valence-corrected chi connectivity index (χ3v) is 7.53. The maximum absolute atomic E-state index is 14.4. The fourth-order valence-corrected chi connectivity index (χ4v) is 5.04. The lowest BCUT2D eigenvalue weighted by molar-refractivity contribution is -0.181. The summed E-state index contributed by atoms with van der Waals surface area (Å²) >= 11 is 0. The Morgan fingerprint density at radius 3 is 2.86 bits per heavy atom. The van der Waals surface area contributed by atoms with Crippen LogP contribution in [0.2, 0.25) is 0 Å². The highest BCUT2D eigenvalue weighted by atomic mass is 19.1. The summed E-state index contributed by atoms with van der Waals surface area (Å²) in [5.74, 6) is 0.0853. The van der Waals surface area contributed by atoms with Crippen molar-refractivity contribution in [3.05, 3.63) is 59.3 Å². The van der Waals surface area contributed by atoms with Crippen molar-refractivity contribution in [1.82, 2.24) is 15.3 Å². The van der Waals surface area contributed by atoms with Gasteiger partial charge in [0, 0.05) is 40.7 Å². The highest BCUT2D eigenvalue weighted by Crippen LogP contribution is 2.54. The zero-order valence-electron chi connectivity index (χ0n) is 21.2. The van der Waals surface area contributed by atoms with Gasteiger partial charge >= 0.3 is 0 Å². The van der Waals surface area contributed by atoms with Crippen LogP contribution in [-0.2, 0) is 14.9 Å². The Hall–Kier alpha value is -3.43. The first-order valence-corrected chi connectivity index (χ1v) is 12.7. The van der Waals surface area contributed by atoms with Crippen molar-refractivity contribution in [3.63, 3.8) is 0 Å². The van der Waals surface area contributed by atoms with Crippen LogP contribution in [-0.4, -0.2) is 53.9 Å². The number of carbonyl (C=O) groups is 1. The van der Waals surface area contributed by atoms with E-state index < -0.39 is 0 Å². The molecule has 0 radical (unpaired) electrons. The topological polar surface area (TPSA) is 97.5 Å². The predicted octanol–water partition coefficient (Wildman–Crippen LogP) is 4.62. The maximum atomic E-state index is 14.4. The summed E-state index contributed by atoms with van der Waals surface area (Å²) in [7, 11) is 0. The number of aromatic nitrogens is 2. The third-order valence-electron chi connectivity index (χ3n) is 7.53. The fraction of sp³-hybridized carbons (Fsp3) is 0.429. The number of rotatable bonds is 6. The van der Waals surface area contributed by atoms with Crippen LogP contribution in [0.3, 0.4) is 0 Å². The molecule has 2 aromatic heterocycles. The minimum absolute atomic E-state index is 0.0942. The third kappa shape index (κ3) is 4.36. The lowest BCUT2D eigenvalue weighted by atomic mass is 9.93. The first-order chi connectivity index (χ1) is 17.8. The monoisotopic (exact) mass is 506 g/mol. The van der Waals surface area contributed by atoms with Crippen molar-refractivity contribution in [3.8, 4) is 17.0 Å². The van der Waals surface area contributed by atoms with Gasteiger partial charge in [-0.25, -0.2) is 4.39 Å². The number of halogens is 1. The van der Waals surface area contributed by atoms with Crippen molar-refractivity contribution >= 4 is 17.3 Å². The molecule has 1 spiro atoms. The molecule has 1 aliphatic carbocycles. The van der Waals surface area contributed by atoms with E-state index in [1.165, 1.54) is 6.07 Å².